The number of hydrazone groups is 1. The van der Waals surface area contributed by atoms with Gasteiger partial charge >= 0.3 is 5.97 Å². The normalized spacial score (nSPS) is 46.0. The van der Waals surface area contributed by atoms with E-state index < -0.39 is 22.7 Å². The summed E-state index contributed by atoms with van der Waals surface area (Å²) in [7, 11) is 0. The van der Waals surface area contributed by atoms with Gasteiger partial charge in [-0.25, -0.2) is 4.79 Å². The third kappa shape index (κ3) is 3.35. The molecule has 0 amide bonds. The smallest absolute Gasteiger partial charge is 0.331 e. The van der Waals surface area contributed by atoms with Crippen LogP contribution in [0.15, 0.2) is 47.1 Å². The Labute approximate surface area is 212 Å². The number of para-hydroxylation sites is 1. The van der Waals surface area contributed by atoms with Crippen molar-refractivity contribution in [1.29, 1.82) is 0 Å². The quantitative estimate of drug-likeness (QED) is 0.288. The van der Waals surface area contributed by atoms with Crippen LogP contribution in [0.5, 0.6) is 0 Å². The average Bonchev–Trinajstić information content (AvgIpc) is 3.40. The molecule has 4 fully saturated rings. The number of fused-ring (bicyclic) bond motifs is 5. The lowest BCUT2D eigenvalue weighted by molar-refractivity contribution is -0.237. The molecule has 6 rings (SSSR count). The maximum absolute atomic E-state index is 12.5. The molecule has 1 aromatic carbocycles. The Morgan fingerprint density at radius 2 is 1.81 bits per heavy atom. The molecule has 7 heteroatoms. The van der Waals surface area contributed by atoms with Crippen molar-refractivity contribution in [3.05, 3.63) is 42.0 Å². The number of anilines is 1. The molecule has 0 aromatic heterocycles. The van der Waals surface area contributed by atoms with E-state index in [4.69, 9.17) is 4.74 Å². The van der Waals surface area contributed by atoms with Gasteiger partial charge in [-0.15, -0.1) is 0 Å². The summed E-state index contributed by atoms with van der Waals surface area (Å²) in [6.45, 7) is 2.54. The van der Waals surface area contributed by atoms with Crippen molar-refractivity contribution >= 4 is 17.9 Å². The first-order chi connectivity index (χ1) is 17.2. The van der Waals surface area contributed by atoms with Crippen molar-refractivity contribution < 1.29 is 24.9 Å². The molecule has 0 bridgehead atoms. The molecule has 1 aromatic rings. The van der Waals surface area contributed by atoms with Crippen molar-refractivity contribution in [3.63, 3.8) is 0 Å². The maximum atomic E-state index is 12.5. The van der Waals surface area contributed by atoms with Crippen molar-refractivity contribution in [3.8, 4) is 0 Å². The maximum Gasteiger partial charge on any atom is 0.331 e. The number of ether oxygens (including phenoxy) is 1. The van der Waals surface area contributed by atoms with Crippen molar-refractivity contribution in [1.82, 2.24) is 0 Å². The average molecular weight is 495 g/mol. The number of carbonyl (C=O) groups is 1. The molecular weight excluding hydrogens is 456 g/mol. The van der Waals surface area contributed by atoms with E-state index in [0.717, 1.165) is 36.9 Å². The Balaban J connectivity index is 1.35. The number of cyclic esters (lactones) is 1. The fraction of sp³-hybridized carbons (Fsp3) is 0.655. The van der Waals surface area contributed by atoms with E-state index in [9.17, 15) is 20.1 Å². The minimum Gasteiger partial charge on any atom is -0.458 e. The molecule has 1 heterocycles. The minimum atomic E-state index is -1.05. The predicted octanol–water partition coefficient (Wildman–Crippen LogP) is 3.80. The third-order valence-electron chi connectivity index (χ3n) is 10.9. The molecule has 194 valence electrons. The summed E-state index contributed by atoms with van der Waals surface area (Å²) >= 11 is 0. The Morgan fingerprint density at radius 1 is 1.03 bits per heavy atom. The van der Waals surface area contributed by atoms with Gasteiger partial charge < -0.3 is 20.1 Å². The van der Waals surface area contributed by atoms with E-state index in [1.165, 1.54) is 0 Å². The molecule has 5 aliphatic rings. The fourth-order valence-electron chi connectivity index (χ4n) is 9.10. The van der Waals surface area contributed by atoms with Gasteiger partial charge in [-0.1, -0.05) is 25.1 Å². The molecule has 0 spiro atoms. The van der Waals surface area contributed by atoms with Gasteiger partial charge in [-0.05, 0) is 86.8 Å². The van der Waals surface area contributed by atoms with Gasteiger partial charge in [0.15, 0.2) is 0 Å². The van der Waals surface area contributed by atoms with E-state index in [2.05, 4.69) is 17.5 Å². The Kier molecular flexibility index (Phi) is 5.63. The molecule has 1 aliphatic heterocycles. The largest absolute Gasteiger partial charge is 0.458 e. The van der Waals surface area contributed by atoms with Crippen LogP contribution in [0.2, 0.25) is 0 Å². The van der Waals surface area contributed by atoms with Crippen LogP contribution in [-0.4, -0.2) is 51.4 Å². The van der Waals surface area contributed by atoms with Crippen LogP contribution in [0.25, 0.3) is 0 Å². The number of carbonyl (C=O) groups excluding carboxylic acids is 1. The van der Waals surface area contributed by atoms with Crippen LogP contribution >= 0.6 is 0 Å². The van der Waals surface area contributed by atoms with E-state index in [-0.39, 0.29) is 29.1 Å². The number of benzene rings is 1. The van der Waals surface area contributed by atoms with Crippen molar-refractivity contribution in [2.24, 2.45) is 33.7 Å². The first kappa shape index (κ1) is 24.1. The van der Waals surface area contributed by atoms with Gasteiger partial charge in [0.1, 0.15) is 6.61 Å². The number of hydrogen-bond donors (Lipinski definition) is 4. The highest BCUT2D eigenvalue weighted by atomic mass is 16.5. The number of rotatable bonds is 4. The van der Waals surface area contributed by atoms with Crippen molar-refractivity contribution in [2.75, 3.05) is 12.0 Å². The lowest BCUT2D eigenvalue weighted by Gasteiger charge is -2.65. The first-order valence-electron chi connectivity index (χ1n) is 13.6. The monoisotopic (exact) mass is 494 g/mol. The topological polar surface area (TPSA) is 111 Å². The predicted molar refractivity (Wildman–Crippen MR) is 136 cm³/mol. The molecule has 0 saturated heterocycles. The van der Waals surface area contributed by atoms with Gasteiger partial charge in [0, 0.05) is 29.5 Å². The van der Waals surface area contributed by atoms with Crippen LogP contribution < -0.4 is 5.43 Å². The van der Waals surface area contributed by atoms with Crippen LogP contribution in [0.1, 0.15) is 64.7 Å². The highest BCUT2D eigenvalue weighted by Crippen LogP contribution is 2.70. The van der Waals surface area contributed by atoms with Crippen molar-refractivity contribution in [2.45, 2.75) is 82.0 Å². The highest BCUT2D eigenvalue weighted by molar-refractivity contribution is 5.85. The summed E-state index contributed by atoms with van der Waals surface area (Å²) in [5, 5.41) is 39.7. The van der Waals surface area contributed by atoms with Gasteiger partial charge in [0.2, 0.25) is 0 Å². The number of nitrogens with one attached hydrogen (secondary N) is 1. The Morgan fingerprint density at radius 3 is 2.56 bits per heavy atom. The Hall–Kier alpha value is -2.22. The summed E-state index contributed by atoms with van der Waals surface area (Å²) in [6.07, 6.45) is 9.15. The number of esters is 1. The van der Waals surface area contributed by atoms with E-state index in [1.807, 2.05) is 36.5 Å². The van der Waals surface area contributed by atoms with Gasteiger partial charge in [-0.3, -0.25) is 5.43 Å². The standard InChI is InChI=1S/C29H38N2O5/c1-26-11-8-23-24(29(26,35)14-10-22(26)19-15-25(33)36-17-19)9-13-28(34)16-21(32)7-12-27(23,28)18-30-31-20-5-3-2-4-6-20/h2-6,15,18,21-24,31-32,34-35H,7-14,16-17H2,1H3. The fourth-order valence-corrected chi connectivity index (χ4v) is 9.10. The lowest BCUT2D eigenvalue weighted by atomic mass is 9.41. The number of aliphatic hydroxyl groups excluding tert-OH is 1. The molecule has 36 heavy (non-hydrogen) atoms. The van der Waals surface area contributed by atoms with E-state index >= 15 is 0 Å². The second kappa shape index (κ2) is 8.40. The van der Waals surface area contributed by atoms with Crippen LogP contribution in [0.3, 0.4) is 0 Å². The summed E-state index contributed by atoms with van der Waals surface area (Å²) in [6, 6.07) is 9.77. The van der Waals surface area contributed by atoms with Crippen LogP contribution in [0, 0.1) is 28.6 Å². The number of hydrogen-bond acceptors (Lipinski definition) is 7. The van der Waals surface area contributed by atoms with Gasteiger partial charge in [-0.2, -0.15) is 5.10 Å². The molecule has 8 unspecified atom stereocenters. The second-order valence-electron chi connectivity index (χ2n) is 12.3. The second-order valence-corrected chi connectivity index (χ2v) is 12.3. The molecule has 4 aliphatic carbocycles. The SMILES string of the molecule is CC12CCC3C(CCC4(O)CC(O)CCC34C=NNc3ccccc3)C1(O)CCC2C1=CC(=O)OC1. The Bertz CT molecular complexity index is 1090. The lowest BCUT2D eigenvalue weighted by Crippen LogP contribution is -2.68. The van der Waals surface area contributed by atoms with Crippen LogP contribution in [-0.2, 0) is 9.53 Å². The van der Waals surface area contributed by atoms with Gasteiger partial charge in [0.25, 0.3) is 0 Å². The highest BCUT2D eigenvalue weighted by Gasteiger charge is 2.71. The summed E-state index contributed by atoms with van der Waals surface area (Å²) in [5.41, 5.74) is 2.16. The molecule has 7 nitrogen and oxygen atoms in total. The molecule has 4 saturated carbocycles. The van der Waals surface area contributed by atoms with E-state index in [0.29, 0.717) is 38.7 Å². The molecule has 4 N–H and O–H groups in total. The first-order valence-corrected chi connectivity index (χ1v) is 13.6. The summed E-state index contributed by atoms with van der Waals surface area (Å²) in [5.74, 6) is -0.0496. The zero-order valence-electron chi connectivity index (χ0n) is 21.0. The number of aliphatic hydroxyl groups is 3. The third-order valence-corrected chi connectivity index (χ3v) is 10.9. The van der Waals surface area contributed by atoms with E-state index in [1.54, 1.807) is 6.08 Å². The zero-order chi connectivity index (χ0) is 25.2. The number of nitrogens with zero attached hydrogens (tertiary/aromatic N) is 1. The summed E-state index contributed by atoms with van der Waals surface area (Å²) in [4.78, 5) is 11.8. The molecular formula is C29H38N2O5. The van der Waals surface area contributed by atoms with Gasteiger partial charge in [0.05, 0.1) is 23.0 Å². The molecule has 8 atom stereocenters. The molecule has 0 radical (unpaired) electrons. The minimum absolute atomic E-state index is 0.0265. The zero-order valence-corrected chi connectivity index (χ0v) is 21.0. The van der Waals surface area contributed by atoms with Crippen LogP contribution in [0.4, 0.5) is 5.69 Å². The summed E-state index contributed by atoms with van der Waals surface area (Å²) < 4.78 is 5.24.